The molecule has 2 atom stereocenters. The highest BCUT2D eigenvalue weighted by Crippen LogP contribution is 2.39. The number of carbonyl (C=O) groups is 3. The Morgan fingerprint density at radius 3 is 2.22 bits per heavy atom. The largest absolute Gasteiger partial charge is 0.497 e. The van der Waals surface area contributed by atoms with E-state index in [0.717, 1.165) is 5.56 Å². The lowest BCUT2D eigenvalue weighted by Gasteiger charge is -2.45. The first-order valence-electron chi connectivity index (χ1n) is 12.8. The first-order valence-corrected chi connectivity index (χ1v) is 12.8. The second kappa shape index (κ2) is 10.5. The molecule has 37 heavy (non-hydrogen) atoms. The van der Waals surface area contributed by atoms with E-state index in [0.29, 0.717) is 37.2 Å². The number of piperidine rings is 1. The minimum absolute atomic E-state index is 0.0688. The van der Waals surface area contributed by atoms with E-state index in [1.54, 1.807) is 36.3 Å². The van der Waals surface area contributed by atoms with Gasteiger partial charge < -0.3 is 19.7 Å². The van der Waals surface area contributed by atoms with Crippen molar-refractivity contribution in [3.63, 3.8) is 0 Å². The minimum atomic E-state index is -0.955. The minimum Gasteiger partial charge on any atom is -0.497 e. The molecule has 8 nitrogen and oxygen atoms in total. The molecule has 3 amide bonds. The summed E-state index contributed by atoms with van der Waals surface area (Å²) >= 11 is 0. The molecule has 1 N–H and O–H groups in total. The van der Waals surface area contributed by atoms with Crippen LogP contribution in [-0.2, 0) is 14.3 Å². The van der Waals surface area contributed by atoms with E-state index in [-0.39, 0.29) is 30.4 Å². The van der Waals surface area contributed by atoms with Crippen molar-refractivity contribution in [1.29, 1.82) is 0 Å². The molecule has 2 aliphatic rings. The van der Waals surface area contributed by atoms with Crippen LogP contribution in [0.4, 0.5) is 0 Å². The highest BCUT2D eigenvalue weighted by molar-refractivity contribution is 5.98. The standard InChI is InChI=1S/C29H37N3O5/c1-20(21-9-7-6-8-10-21)30-25(33)24-19-37-29(15-17-31(18-16-29)27(35)28(2,3)4)32(24)26(34)22-11-13-23(36-5)14-12-22/h6-14,20,24H,15-19H2,1-5H3,(H,30,33)/t20-,24+/m0/s1. The average molecular weight is 508 g/mol. The Hall–Kier alpha value is -3.39. The van der Waals surface area contributed by atoms with Crippen molar-refractivity contribution >= 4 is 17.7 Å². The molecule has 0 aromatic heterocycles. The summed E-state index contributed by atoms with van der Waals surface area (Å²) in [5, 5.41) is 3.06. The average Bonchev–Trinajstić information content (AvgIpc) is 3.26. The molecule has 0 saturated carbocycles. The van der Waals surface area contributed by atoms with Crippen LogP contribution >= 0.6 is 0 Å². The van der Waals surface area contributed by atoms with E-state index >= 15 is 0 Å². The van der Waals surface area contributed by atoms with Crippen molar-refractivity contribution in [2.24, 2.45) is 5.41 Å². The predicted molar refractivity (Wildman–Crippen MR) is 140 cm³/mol. The normalized spacial score (nSPS) is 20.0. The molecule has 0 unspecified atom stereocenters. The van der Waals surface area contributed by atoms with E-state index < -0.39 is 17.2 Å². The molecule has 1 spiro atoms. The van der Waals surface area contributed by atoms with Crippen molar-refractivity contribution in [3.8, 4) is 5.75 Å². The number of hydrogen-bond acceptors (Lipinski definition) is 5. The van der Waals surface area contributed by atoms with E-state index in [4.69, 9.17) is 9.47 Å². The Kier molecular flexibility index (Phi) is 7.59. The molecule has 4 rings (SSSR count). The monoisotopic (exact) mass is 507 g/mol. The summed E-state index contributed by atoms with van der Waals surface area (Å²) in [4.78, 5) is 43.8. The predicted octanol–water partition coefficient (Wildman–Crippen LogP) is 3.78. The third-order valence-electron chi connectivity index (χ3n) is 7.25. The fourth-order valence-electron chi connectivity index (χ4n) is 5.11. The van der Waals surface area contributed by atoms with Gasteiger partial charge in [-0.15, -0.1) is 0 Å². The van der Waals surface area contributed by atoms with Crippen LogP contribution in [0.1, 0.15) is 62.5 Å². The summed E-state index contributed by atoms with van der Waals surface area (Å²) in [6.45, 7) is 8.64. The molecule has 2 heterocycles. The topological polar surface area (TPSA) is 88.2 Å². The molecule has 0 radical (unpaired) electrons. The smallest absolute Gasteiger partial charge is 0.256 e. The number of likely N-dealkylation sites (tertiary alicyclic amines) is 1. The van der Waals surface area contributed by atoms with E-state index in [2.05, 4.69) is 5.32 Å². The fraction of sp³-hybridized carbons (Fsp3) is 0.483. The zero-order chi connectivity index (χ0) is 26.8. The number of amides is 3. The molecular formula is C29H37N3O5. The summed E-state index contributed by atoms with van der Waals surface area (Å²) in [5.41, 5.74) is -0.0152. The Labute approximate surface area is 218 Å². The Balaban J connectivity index is 1.59. The van der Waals surface area contributed by atoms with Crippen LogP contribution in [0.2, 0.25) is 0 Å². The zero-order valence-corrected chi connectivity index (χ0v) is 22.3. The highest BCUT2D eigenvalue weighted by Gasteiger charge is 2.54. The van der Waals surface area contributed by atoms with Gasteiger partial charge in [0, 0.05) is 36.9 Å². The van der Waals surface area contributed by atoms with Gasteiger partial charge in [-0.25, -0.2) is 0 Å². The van der Waals surface area contributed by atoms with Crippen molar-refractivity contribution < 1.29 is 23.9 Å². The SMILES string of the molecule is COc1ccc(C(=O)N2[C@@H](C(=O)N[C@@H](C)c3ccccc3)COC23CCN(C(=O)C(C)(C)C)CC3)cc1. The summed E-state index contributed by atoms with van der Waals surface area (Å²) < 4.78 is 11.5. The van der Waals surface area contributed by atoms with Crippen LogP contribution in [0.3, 0.4) is 0 Å². The van der Waals surface area contributed by atoms with Gasteiger partial charge in [-0.3, -0.25) is 19.3 Å². The first kappa shape index (κ1) is 26.7. The molecule has 2 aromatic rings. The van der Waals surface area contributed by atoms with Gasteiger partial charge in [0.05, 0.1) is 19.8 Å². The molecular weight excluding hydrogens is 470 g/mol. The van der Waals surface area contributed by atoms with Gasteiger partial charge in [-0.05, 0) is 36.8 Å². The molecule has 8 heteroatoms. The molecule has 198 valence electrons. The quantitative estimate of drug-likeness (QED) is 0.666. The van der Waals surface area contributed by atoms with Gasteiger partial charge in [0.25, 0.3) is 5.91 Å². The lowest BCUT2D eigenvalue weighted by molar-refractivity contribution is -0.150. The maximum Gasteiger partial charge on any atom is 0.256 e. The second-order valence-electron chi connectivity index (χ2n) is 10.9. The zero-order valence-electron chi connectivity index (χ0n) is 22.3. The lowest BCUT2D eigenvalue weighted by atomic mass is 9.91. The number of rotatable bonds is 5. The van der Waals surface area contributed by atoms with E-state index in [1.165, 1.54) is 0 Å². The number of ether oxygens (including phenoxy) is 2. The van der Waals surface area contributed by atoms with Crippen molar-refractivity contribution in [3.05, 3.63) is 65.7 Å². The van der Waals surface area contributed by atoms with Crippen LogP contribution in [0, 0.1) is 5.41 Å². The maximum atomic E-state index is 13.9. The number of hydrogen-bond donors (Lipinski definition) is 1. The van der Waals surface area contributed by atoms with E-state index in [1.807, 2.05) is 62.9 Å². The van der Waals surface area contributed by atoms with Crippen LogP contribution in [0.15, 0.2) is 54.6 Å². The summed E-state index contributed by atoms with van der Waals surface area (Å²) in [5.74, 6) is 0.176. The van der Waals surface area contributed by atoms with Gasteiger partial charge in [0.1, 0.15) is 17.5 Å². The number of carbonyl (C=O) groups excluding carboxylic acids is 3. The van der Waals surface area contributed by atoms with Gasteiger partial charge >= 0.3 is 0 Å². The van der Waals surface area contributed by atoms with Crippen molar-refractivity contribution in [1.82, 2.24) is 15.1 Å². The molecule has 2 saturated heterocycles. The Morgan fingerprint density at radius 2 is 1.65 bits per heavy atom. The summed E-state index contributed by atoms with van der Waals surface area (Å²) in [6.07, 6.45) is 0.878. The van der Waals surface area contributed by atoms with Gasteiger partial charge in [0.15, 0.2) is 0 Å². The third kappa shape index (κ3) is 5.49. The van der Waals surface area contributed by atoms with Gasteiger partial charge in [-0.2, -0.15) is 0 Å². The number of nitrogens with one attached hydrogen (secondary N) is 1. The Bertz CT molecular complexity index is 1120. The fourth-order valence-corrected chi connectivity index (χ4v) is 5.11. The van der Waals surface area contributed by atoms with Crippen LogP contribution in [0.5, 0.6) is 5.75 Å². The molecule has 0 bridgehead atoms. The molecule has 0 aliphatic carbocycles. The molecule has 2 fully saturated rings. The molecule has 2 aromatic carbocycles. The third-order valence-corrected chi connectivity index (χ3v) is 7.25. The van der Waals surface area contributed by atoms with Gasteiger partial charge in [0.2, 0.25) is 11.8 Å². The Morgan fingerprint density at radius 1 is 1.03 bits per heavy atom. The lowest BCUT2D eigenvalue weighted by Crippen LogP contribution is -2.60. The molecule has 2 aliphatic heterocycles. The van der Waals surface area contributed by atoms with Gasteiger partial charge in [-0.1, -0.05) is 51.1 Å². The van der Waals surface area contributed by atoms with Crippen LogP contribution < -0.4 is 10.1 Å². The highest BCUT2D eigenvalue weighted by atomic mass is 16.5. The number of benzene rings is 2. The van der Waals surface area contributed by atoms with Crippen LogP contribution in [-0.4, -0.2) is 66.1 Å². The number of nitrogens with zero attached hydrogens (tertiary/aromatic N) is 2. The second-order valence-corrected chi connectivity index (χ2v) is 10.9. The maximum absolute atomic E-state index is 13.9. The number of methoxy groups -OCH3 is 1. The van der Waals surface area contributed by atoms with Crippen molar-refractivity contribution in [2.75, 3.05) is 26.8 Å². The first-order chi connectivity index (χ1) is 17.6. The van der Waals surface area contributed by atoms with Crippen LogP contribution in [0.25, 0.3) is 0 Å². The van der Waals surface area contributed by atoms with Crippen molar-refractivity contribution in [2.45, 2.75) is 58.3 Å². The van der Waals surface area contributed by atoms with E-state index in [9.17, 15) is 14.4 Å². The summed E-state index contributed by atoms with van der Waals surface area (Å²) in [7, 11) is 1.57. The summed E-state index contributed by atoms with van der Waals surface area (Å²) in [6, 6.07) is 15.6.